The average Bonchev–Trinajstić information content (AvgIpc) is 1.89. The quantitative estimate of drug-likeness (QED) is 0.448. The average molecular weight is 130 g/mol. The summed E-state index contributed by atoms with van der Waals surface area (Å²) in [5.74, 6) is 0.420. The van der Waals surface area contributed by atoms with Crippen molar-refractivity contribution in [3.8, 4) is 0 Å². The number of aliphatic hydroxyl groups is 2. The lowest BCUT2D eigenvalue weighted by molar-refractivity contribution is 0.279. The van der Waals surface area contributed by atoms with Gasteiger partial charge in [0.15, 0.2) is 0 Å². The van der Waals surface area contributed by atoms with E-state index in [9.17, 15) is 0 Å². The third-order valence-corrected chi connectivity index (χ3v) is 1.17. The second kappa shape index (κ2) is 5.63. The van der Waals surface area contributed by atoms with E-state index in [4.69, 9.17) is 10.2 Å². The summed E-state index contributed by atoms with van der Waals surface area (Å²) in [4.78, 5) is 0. The van der Waals surface area contributed by atoms with Crippen molar-refractivity contribution < 1.29 is 10.2 Å². The van der Waals surface area contributed by atoms with Gasteiger partial charge in [-0.2, -0.15) is 0 Å². The third-order valence-electron chi connectivity index (χ3n) is 1.17. The fourth-order valence-corrected chi connectivity index (χ4v) is 0.562. The van der Waals surface area contributed by atoms with Crippen molar-refractivity contribution in [3.05, 3.63) is 11.8 Å². The van der Waals surface area contributed by atoms with Crippen LogP contribution in [-0.4, -0.2) is 16.8 Å². The molecule has 0 heterocycles. The molecule has 0 fully saturated rings. The number of hydrogen-bond acceptors (Lipinski definition) is 2. The maximum atomic E-state index is 8.86. The molecule has 0 radical (unpaired) electrons. The highest BCUT2D eigenvalue weighted by Crippen LogP contribution is 2.02. The second-order valence-corrected chi connectivity index (χ2v) is 1.96. The minimum Gasteiger partial charge on any atom is -0.513 e. The van der Waals surface area contributed by atoms with E-state index in [2.05, 4.69) is 0 Å². The summed E-state index contributed by atoms with van der Waals surface area (Å²) in [7, 11) is 0. The fourth-order valence-electron chi connectivity index (χ4n) is 0.562. The van der Waals surface area contributed by atoms with Gasteiger partial charge < -0.3 is 10.2 Å². The van der Waals surface area contributed by atoms with Crippen LogP contribution in [0.3, 0.4) is 0 Å². The largest absolute Gasteiger partial charge is 0.513 e. The van der Waals surface area contributed by atoms with Gasteiger partial charge in [-0.25, -0.2) is 0 Å². The van der Waals surface area contributed by atoms with E-state index in [-0.39, 0.29) is 6.61 Å². The summed E-state index contributed by atoms with van der Waals surface area (Å²) in [6, 6.07) is 0. The molecule has 9 heavy (non-hydrogen) atoms. The predicted octanol–water partition coefficient (Wildman–Crippen LogP) is 1.61. The third kappa shape index (κ3) is 5.37. The molecule has 0 aliphatic carbocycles. The highest BCUT2D eigenvalue weighted by molar-refractivity contribution is 4.86. The van der Waals surface area contributed by atoms with Gasteiger partial charge in [-0.05, 0) is 25.8 Å². The van der Waals surface area contributed by atoms with E-state index in [1.54, 1.807) is 13.0 Å². The molecule has 0 aromatic carbocycles. The molecular weight excluding hydrogens is 116 g/mol. The van der Waals surface area contributed by atoms with Crippen LogP contribution in [0.4, 0.5) is 0 Å². The molecule has 0 aliphatic rings. The fraction of sp³-hybridized carbons (Fsp3) is 0.714. The van der Waals surface area contributed by atoms with Gasteiger partial charge in [-0.1, -0.05) is 0 Å². The van der Waals surface area contributed by atoms with E-state index in [0.717, 1.165) is 12.8 Å². The summed E-state index contributed by atoms with van der Waals surface area (Å²) in [6.45, 7) is 2.02. The first-order chi connectivity index (χ1) is 4.31. The molecule has 0 saturated carbocycles. The minimum absolute atomic E-state index is 0.219. The van der Waals surface area contributed by atoms with Crippen LogP contribution >= 0.6 is 0 Å². The Balaban J connectivity index is 3.07. The summed E-state index contributed by atoms with van der Waals surface area (Å²) >= 11 is 0. The Morgan fingerprint density at radius 1 is 1.44 bits per heavy atom. The topological polar surface area (TPSA) is 40.5 Å². The van der Waals surface area contributed by atoms with Crippen molar-refractivity contribution in [1.82, 2.24) is 0 Å². The zero-order valence-electron chi connectivity index (χ0n) is 5.80. The monoisotopic (exact) mass is 130 g/mol. The summed E-state index contributed by atoms with van der Waals surface area (Å²) in [5.41, 5.74) is 0. The molecule has 0 bridgehead atoms. The molecule has 0 rings (SSSR count). The van der Waals surface area contributed by atoms with Crippen LogP contribution in [0.2, 0.25) is 0 Å². The molecule has 0 amide bonds. The van der Waals surface area contributed by atoms with Crippen LogP contribution in [-0.2, 0) is 0 Å². The molecule has 0 atom stereocenters. The first-order valence-corrected chi connectivity index (χ1v) is 3.26. The molecule has 0 unspecified atom stereocenters. The second-order valence-electron chi connectivity index (χ2n) is 1.96. The molecule has 2 heteroatoms. The van der Waals surface area contributed by atoms with Gasteiger partial charge in [0.1, 0.15) is 0 Å². The first kappa shape index (κ1) is 8.50. The molecule has 0 aliphatic heterocycles. The molecule has 0 aromatic rings. The van der Waals surface area contributed by atoms with E-state index < -0.39 is 0 Å². The summed E-state index contributed by atoms with van der Waals surface area (Å²) in [5, 5.41) is 17.2. The number of allylic oxidation sites excluding steroid dienone is 2. The Labute approximate surface area is 55.8 Å². The van der Waals surface area contributed by atoms with Gasteiger partial charge >= 0.3 is 0 Å². The van der Waals surface area contributed by atoms with E-state index >= 15 is 0 Å². The Morgan fingerprint density at radius 3 is 2.56 bits per heavy atom. The lowest BCUT2D eigenvalue weighted by Gasteiger charge is -1.95. The van der Waals surface area contributed by atoms with Gasteiger partial charge in [0.05, 0.1) is 5.76 Å². The van der Waals surface area contributed by atoms with Crippen LogP contribution in [0.5, 0.6) is 0 Å². The Hall–Kier alpha value is -0.500. The molecular formula is C7H14O2. The van der Waals surface area contributed by atoms with E-state index in [1.807, 2.05) is 0 Å². The van der Waals surface area contributed by atoms with Crippen molar-refractivity contribution in [1.29, 1.82) is 0 Å². The smallest absolute Gasteiger partial charge is 0.0880 e. The van der Waals surface area contributed by atoms with E-state index in [1.165, 1.54) is 0 Å². The number of aliphatic hydroxyl groups excluding tert-OH is 2. The van der Waals surface area contributed by atoms with Crippen molar-refractivity contribution in [2.75, 3.05) is 6.61 Å². The van der Waals surface area contributed by atoms with Crippen LogP contribution in [0.1, 0.15) is 26.2 Å². The van der Waals surface area contributed by atoms with Crippen LogP contribution < -0.4 is 0 Å². The predicted molar refractivity (Wildman–Crippen MR) is 37.3 cm³/mol. The normalized spacial score (nSPS) is 12.0. The number of hydrogen-bond donors (Lipinski definition) is 2. The maximum Gasteiger partial charge on any atom is 0.0880 e. The number of unbranched alkanes of at least 4 members (excludes halogenated alkanes) is 1. The Morgan fingerprint density at radius 2 is 2.11 bits per heavy atom. The molecule has 54 valence electrons. The Kier molecular flexibility index (Phi) is 5.32. The van der Waals surface area contributed by atoms with Gasteiger partial charge in [0, 0.05) is 13.0 Å². The van der Waals surface area contributed by atoms with Gasteiger partial charge in [-0.3, -0.25) is 0 Å². The molecule has 2 nitrogen and oxygen atoms in total. The van der Waals surface area contributed by atoms with Crippen molar-refractivity contribution in [2.45, 2.75) is 26.2 Å². The highest BCUT2D eigenvalue weighted by Gasteiger charge is 1.89. The lowest BCUT2D eigenvalue weighted by Crippen LogP contribution is -1.85. The van der Waals surface area contributed by atoms with Gasteiger partial charge in [-0.15, -0.1) is 0 Å². The van der Waals surface area contributed by atoms with Crippen molar-refractivity contribution in [3.63, 3.8) is 0 Å². The first-order valence-electron chi connectivity index (χ1n) is 3.26. The van der Waals surface area contributed by atoms with Gasteiger partial charge in [0.2, 0.25) is 0 Å². The zero-order chi connectivity index (χ0) is 7.11. The molecule has 2 N–H and O–H groups in total. The highest BCUT2D eigenvalue weighted by atomic mass is 16.3. The SMILES string of the molecule is C/C=C(/O)CCCCO. The minimum atomic E-state index is 0.219. The molecule has 0 saturated heterocycles. The Bertz CT molecular complexity index is 86.9. The maximum absolute atomic E-state index is 8.86. The summed E-state index contributed by atoms with van der Waals surface area (Å²) in [6.07, 6.45) is 4.01. The van der Waals surface area contributed by atoms with Gasteiger partial charge in [0.25, 0.3) is 0 Å². The van der Waals surface area contributed by atoms with Crippen LogP contribution in [0.15, 0.2) is 11.8 Å². The van der Waals surface area contributed by atoms with Crippen LogP contribution in [0.25, 0.3) is 0 Å². The van der Waals surface area contributed by atoms with E-state index in [0.29, 0.717) is 12.2 Å². The van der Waals surface area contributed by atoms with Crippen molar-refractivity contribution >= 4 is 0 Å². The molecule has 0 spiro atoms. The lowest BCUT2D eigenvalue weighted by atomic mass is 10.2. The number of rotatable bonds is 4. The molecule has 0 aromatic heterocycles. The van der Waals surface area contributed by atoms with Crippen molar-refractivity contribution in [2.24, 2.45) is 0 Å². The standard InChI is InChI=1S/C7H14O2/c1-2-7(9)5-3-4-6-8/h2,8-9H,3-6H2,1H3/b7-2+. The zero-order valence-corrected chi connectivity index (χ0v) is 5.80. The van der Waals surface area contributed by atoms with Crippen LogP contribution in [0, 0.1) is 0 Å². The summed E-state index contributed by atoms with van der Waals surface area (Å²) < 4.78 is 0.